The van der Waals surface area contributed by atoms with Crippen molar-refractivity contribution in [2.75, 3.05) is 11.4 Å². The lowest BCUT2D eigenvalue weighted by Crippen LogP contribution is -2.24. The lowest BCUT2D eigenvalue weighted by Gasteiger charge is -2.19. The van der Waals surface area contributed by atoms with E-state index in [1.165, 1.54) is 0 Å². The number of hydrogen-bond acceptors (Lipinski definition) is 2. The van der Waals surface area contributed by atoms with Crippen LogP contribution in [0, 0.1) is 13.8 Å². The van der Waals surface area contributed by atoms with Gasteiger partial charge in [0.2, 0.25) is 5.91 Å². The van der Waals surface area contributed by atoms with Crippen molar-refractivity contribution < 1.29 is 4.79 Å². The molecule has 0 spiro atoms. The third-order valence-electron chi connectivity index (χ3n) is 5.98. The number of hydrogen-bond donors (Lipinski definition) is 0. The lowest BCUT2D eigenvalue weighted by atomic mass is 10.1. The molecule has 0 saturated carbocycles. The van der Waals surface area contributed by atoms with Gasteiger partial charge in [0.1, 0.15) is 5.82 Å². The van der Waals surface area contributed by atoms with Gasteiger partial charge in [-0.15, -0.1) is 0 Å². The summed E-state index contributed by atoms with van der Waals surface area (Å²) in [5.74, 6) is 1.12. The highest BCUT2D eigenvalue weighted by Crippen LogP contribution is 2.34. The van der Waals surface area contributed by atoms with Crippen molar-refractivity contribution in [3.05, 3.63) is 94.3 Å². The summed E-state index contributed by atoms with van der Waals surface area (Å²) in [4.78, 5) is 19.9. The molecule has 3 aromatic carbocycles. The first-order valence-corrected chi connectivity index (χ1v) is 10.9. The van der Waals surface area contributed by atoms with Crippen molar-refractivity contribution in [2.45, 2.75) is 32.7 Å². The van der Waals surface area contributed by atoms with E-state index >= 15 is 0 Å². The van der Waals surface area contributed by atoms with Gasteiger partial charge in [0.05, 0.1) is 17.6 Å². The molecule has 156 valence electrons. The van der Waals surface area contributed by atoms with Crippen molar-refractivity contribution in [3.63, 3.8) is 0 Å². The lowest BCUT2D eigenvalue weighted by molar-refractivity contribution is -0.117. The minimum Gasteiger partial charge on any atom is -0.323 e. The van der Waals surface area contributed by atoms with Gasteiger partial charge in [-0.25, -0.2) is 4.98 Å². The first-order valence-electron chi connectivity index (χ1n) is 10.6. The third kappa shape index (κ3) is 3.72. The molecule has 5 rings (SSSR count). The summed E-state index contributed by atoms with van der Waals surface area (Å²) < 4.78 is 2.22. The highest BCUT2D eigenvalue weighted by Gasteiger charge is 2.35. The normalized spacial score (nSPS) is 16.4. The predicted molar refractivity (Wildman–Crippen MR) is 126 cm³/mol. The van der Waals surface area contributed by atoms with Crippen LogP contribution in [0.1, 0.15) is 34.9 Å². The maximum Gasteiger partial charge on any atom is 0.227 e. The molecule has 0 N–H and O–H groups in total. The molecule has 1 aliphatic rings. The third-order valence-corrected chi connectivity index (χ3v) is 6.35. The van der Waals surface area contributed by atoms with Gasteiger partial charge in [-0.05, 0) is 60.9 Å². The number of carbonyl (C=O) groups excluding carboxylic acids is 1. The fourth-order valence-corrected chi connectivity index (χ4v) is 4.80. The minimum atomic E-state index is 0.0307. The number of benzene rings is 3. The summed E-state index contributed by atoms with van der Waals surface area (Å²) in [5.41, 5.74) is 6.36. The Morgan fingerprint density at radius 2 is 1.71 bits per heavy atom. The summed E-state index contributed by atoms with van der Waals surface area (Å²) >= 11 is 6.46. The van der Waals surface area contributed by atoms with E-state index in [4.69, 9.17) is 16.6 Å². The molecular weight excluding hydrogens is 406 g/mol. The number of amides is 1. The topological polar surface area (TPSA) is 38.1 Å². The molecule has 1 aromatic heterocycles. The minimum absolute atomic E-state index is 0.0307. The zero-order valence-electron chi connectivity index (χ0n) is 17.7. The van der Waals surface area contributed by atoms with Crippen LogP contribution in [-0.2, 0) is 11.3 Å². The number of aromatic nitrogens is 2. The van der Waals surface area contributed by atoms with Gasteiger partial charge in [-0.2, -0.15) is 0 Å². The summed E-state index contributed by atoms with van der Waals surface area (Å²) in [5, 5.41) is 0.741. The number of rotatable bonds is 4. The number of carbonyl (C=O) groups is 1. The monoisotopic (exact) mass is 429 g/mol. The van der Waals surface area contributed by atoms with E-state index in [9.17, 15) is 4.79 Å². The molecule has 31 heavy (non-hydrogen) atoms. The van der Waals surface area contributed by atoms with E-state index in [0.717, 1.165) is 44.3 Å². The Kier molecular flexibility index (Phi) is 5.03. The van der Waals surface area contributed by atoms with Crippen LogP contribution in [0.5, 0.6) is 0 Å². The number of nitrogens with zero attached hydrogens (tertiary/aromatic N) is 3. The maximum absolute atomic E-state index is 13.0. The second-order valence-electron chi connectivity index (χ2n) is 8.39. The van der Waals surface area contributed by atoms with Crippen LogP contribution in [0.15, 0.2) is 66.7 Å². The highest BCUT2D eigenvalue weighted by atomic mass is 35.5. The molecule has 4 aromatic rings. The van der Waals surface area contributed by atoms with Crippen LogP contribution in [0.4, 0.5) is 5.69 Å². The van der Waals surface area contributed by atoms with Crippen LogP contribution in [0.2, 0.25) is 5.02 Å². The molecule has 2 heterocycles. The van der Waals surface area contributed by atoms with Crippen molar-refractivity contribution in [3.8, 4) is 0 Å². The number of fused-ring (bicyclic) bond motifs is 1. The van der Waals surface area contributed by atoms with E-state index in [-0.39, 0.29) is 11.8 Å². The number of halogens is 1. The van der Waals surface area contributed by atoms with Gasteiger partial charge in [-0.1, -0.05) is 48.0 Å². The summed E-state index contributed by atoms with van der Waals surface area (Å²) in [7, 11) is 0. The molecule has 0 aliphatic carbocycles. The van der Waals surface area contributed by atoms with E-state index < -0.39 is 0 Å². The Labute approximate surface area is 187 Å². The smallest absolute Gasteiger partial charge is 0.227 e. The van der Waals surface area contributed by atoms with Gasteiger partial charge in [0.25, 0.3) is 0 Å². The Balaban J connectivity index is 1.54. The molecule has 0 radical (unpaired) electrons. The van der Waals surface area contributed by atoms with Gasteiger partial charge >= 0.3 is 0 Å². The average molecular weight is 430 g/mol. The number of anilines is 1. The SMILES string of the molecule is Cc1cc(C)cc(N2CC(c3nc4ccccc4n3Cc3ccccc3Cl)CC2=O)c1. The number of para-hydroxylation sites is 2. The quantitative estimate of drug-likeness (QED) is 0.406. The van der Waals surface area contributed by atoms with Crippen LogP contribution in [0.3, 0.4) is 0 Å². The number of aryl methyl sites for hydroxylation is 2. The largest absolute Gasteiger partial charge is 0.323 e. The molecule has 1 aliphatic heterocycles. The van der Waals surface area contributed by atoms with Crippen molar-refractivity contribution in [2.24, 2.45) is 0 Å². The molecule has 1 atom stereocenters. The van der Waals surface area contributed by atoms with E-state index in [2.05, 4.69) is 42.7 Å². The van der Waals surface area contributed by atoms with Crippen molar-refractivity contribution >= 4 is 34.2 Å². The zero-order valence-corrected chi connectivity index (χ0v) is 18.4. The highest BCUT2D eigenvalue weighted by molar-refractivity contribution is 6.31. The van der Waals surface area contributed by atoms with Gasteiger partial charge < -0.3 is 9.47 Å². The Hall–Kier alpha value is -3.11. The molecule has 1 fully saturated rings. The van der Waals surface area contributed by atoms with Crippen molar-refractivity contribution in [1.29, 1.82) is 0 Å². The molecular formula is C26H24ClN3O. The molecule has 1 saturated heterocycles. The van der Waals surface area contributed by atoms with E-state index in [1.54, 1.807) is 0 Å². The summed E-state index contributed by atoms with van der Waals surface area (Å²) in [6.45, 7) is 5.40. The fourth-order valence-electron chi connectivity index (χ4n) is 4.61. The molecule has 1 unspecified atom stereocenters. The molecule has 4 nitrogen and oxygen atoms in total. The van der Waals surface area contributed by atoms with Crippen LogP contribution >= 0.6 is 11.6 Å². The van der Waals surface area contributed by atoms with E-state index in [0.29, 0.717) is 19.5 Å². The van der Waals surface area contributed by atoms with Gasteiger partial charge in [0, 0.05) is 29.6 Å². The Bertz CT molecular complexity index is 1270. The van der Waals surface area contributed by atoms with Gasteiger partial charge in [-0.3, -0.25) is 4.79 Å². The second-order valence-corrected chi connectivity index (χ2v) is 8.79. The van der Waals surface area contributed by atoms with Crippen LogP contribution < -0.4 is 4.90 Å². The maximum atomic E-state index is 13.0. The molecule has 0 bridgehead atoms. The fraction of sp³-hybridized carbons (Fsp3) is 0.231. The summed E-state index contributed by atoms with van der Waals surface area (Å²) in [6, 6.07) is 22.3. The molecule has 1 amide bonds. The standard InChI is InChI=1S/C26H24ClN3O/c1-17-11-18(2)13-21(12-17)29-16-20(14-25(29)31)26-28-23-9-5-6-10-24(23)30(26)15-19-7-3-4-8-22(19)27/h3-13,20H,14-16H2,1-2H3. The second kappa shape index (κ2) is 7.86. The van der Waals surface area contributed by atoms with Crippen LogP contribution in [0.25, 0.3) is 11.0 Å². The summed E-state index contributed by atoms with van der Waals surface area (Å²) in [6.07, 6.45) is 0.457. The van der Waals surface area contributed by atoms with E-state index in [1.807, 2.05) is 47.4 Å². The Morgan fingerprint density at radius 1 is 1.00 bits per heavy atom. The van der Waals surface area contributed by atoms with Crippen molar-refractivity contribution in [1.82, 2.24) is 9.55 Å². The van der Waals surface area contributed by atoms with Gasteiger partial charge in [0.15, 0.2) is 0 Å². The van der Waals surface area contributed by atoms with Crippen LogP contribution in [-0.4, -0.2) is 22.0 Å². The predicted octanol–water partition coefficient (Wildman–Crippen LogP) is 5.88. The first-order chi connectivity index (χ1) is 15.0. The first kappa shape index (κ1) is 19.8. The Morgan fingerprint density at radius 3 is 2.48 bits per heavy atom. The molecule has 5 heteroatoms. The zero-order chi connectivity index (χ0) is 21.5. The average Bonchev–Trinajstić information content (AvgIpc) is 3.30. The number of imidazole rings is 1.